The Balaban J connectivity index is 1.41. The lowest BCUT2D eigenvalue weighted by atomic mass is 10.1. The van der Waals surface area contributed by atoms with Crippen molar-refractivity contribution in [2.45, 2.75) is 57.6 Å². The summed E-state index contributed by atoms with van der Waals surface area (Å²) in [5.74, 6) is 1.17. The first-order valence-electron chi connectivity index (χ1n) is 11.2. The Labute approximate surface area is 190 Å². The van der Waals surface area contributed by atoms with Crippen molar-refractivity contribution in [3.63, 3.8) is 0 Å². The highest BCUT2D eigenvalue weighted by molar-refractivity contribution is 7.20. The zero-order chi connectivity index (χ0) is 21.9. The molecule has 8 nitrogen and oxygen atoms in total. The van der Waals surface area contributed by atoms with Gasteiger partial charge in [0.1, 0.15) is 28.8 Å². The van der Waals surface area contributed by atoms with Crippen LogP contribution in [0, 0.1) is 6.92 Å². The number of fused-ring (bicyclic) bond motifs is 1. The molecule has 168 valence electrons. The lowest BCUT2D eigenvalue weighted by molar-refractivity contribution is 0.0240. The first kappa shape index (κ1) is 21.1. The fourth-order valence-electron chi connectivity index (χ4n) is 4.36. The highest BCUT2D eigenvalue weighted by atomic mass is 32.1. The van der Waals surface area contributed by atoms with Crippen LogP contribution >= 0.6 is 11.3 Å². The van der Waals surface area contributed by atoms with Gasteiger partial charge >= 0.3 is 0 Å². The molecule has 0 radical (unpaired) electrons. The number of hydrogen-bond donors (Lipinski definition) is 2. The number of ether oxygens (including phenoxy) is 2. The standard InChI is InChI=1S/C23H27N5O3S/c1-14-18-20(28-17-7-4-10-24-22(17)31-16-8-11-30-12-9-16)25-13-26-23(18)32-19(14)21(29)27-15-5-2-3-6-15/h4,7,10,13,15-16H,2-3,5-6,8-9,11-12H2,1H3,(H,27,29)(H,25,26,28). The molecule has 32 heavy (non-hydrogen) atoms. The van der Waals surface area contributed by atoms with Crippen LogP contribution in [0.1, 0.15) is 53.8 Å². The Morgan fingerprint density at radius 1 is 1.16 bits per heavy atom. The number of nitrogens with zero attached hydrogens (tertiary/aromatic N) is 3. The molecule has 1 aliphatic heterocycles. The van der Waals surface area contributed by atoms with E-state index in [-0.39, 0.29) is 18.1 Å². The van der Waals surface area contributed by atoms with E-state index in [1.807, 2.05) is 19.1 Å². The van der Waals surface area contributed by atoms with Crippen LogP contribution in [0.2, 0.25) is 0 Å². The maximum absolute atomic E-state index is 12.9. The fraction of sp³-hybridized carbons (Fsp3) is 0.478. The molecule has 2 aliphatic rings. The number of hydrogen-bond acceptors (Lipinski definition) is 8. The summed E-state index contributed by atoms with van der Waals surface area (Å²) in [6.07, 6.45) is 9.48. The first-order valence-corrected chi connectivity index (χ1v) is 12.0. The first-order chi connectivity index (χ1) is 15.7. The van der Waals surface area contributed by atoms with Crippen molar-refractivity contribution < 1.29 is 14.3 Å². The topological polar surface area (TPSA) is 98.3 Å². The highest BCUT2D eigenvalue weighted by Crippen LogP contribution is 2.36. The second kappa shape index (κ2) is 9.38. The molecule has 1 amide bonds. The summed E-state index contributed by atoms with van der Waals surface area (Å²) in [6, 6.07) is 4.06. The van der Waals surface area contributed by atoms with Gasteiger partial charge in [0.05, 0.1) is 23.5 Å². The molecule has 1 saturated carbocycles. The van der Waals surface area contributed by atoms with Crippen LogP contribution in [0.15, 0.2) is 24.7 Å². The summed E-state index contributed by atoms with van der Waals surface area (Å²) in [7, 11) is 0. The molecule has 0 atom stereocenters. The van der Waals surface area contributed by atoms with Crippen LogP contribution in [0.3, 0.4) is 0 Å². The molecule has 5 rings (SSSR count). The summed E-state index contributed by atoms with van der Waals surface area (Å²) < 4.78 is 11.6. The second-order valence-corrected chi connectivity index (χ2v) is 9.32. The Hall–Kier alpha value is -2.78. The van der Waals surface area contributed by atoms with Gasteiger partial charge in [-0.1, -0.05) is 12.8 Å². The van der Waals surface area contributed by atoms with E-state index in [4.69, 9.17) is 9.47 Å². The number of carbonyl (C=O) groups excluding carboxylic acids is 1. The van der Waals surface area contributed by atoms with E-state index in [9.17, 15) is 4.79 Å². The normalized spacial score (nSPS) is 17.5. The molecule has 2 fully saturated rings. The van der Waals surface area contributed by atoms with Crippen LogP contribution in [-0.4, -0.2) is 46.2 Å². The van der Waals surface area contributed by atoms with Crippen LogP contribution in [-0.2, 0) is 4.74 Å². The van der Waals surface area contributed by atoms with E-state index in [0.717, 1.165) is 47.2 Å². The van der Waals surface area contributed by atoms with E-state index >= 15 is 0 Å². The predicted octanol–water partition coefficient (Wildman–Crippen LogP) is 4.37. The number of anilines is 2. The summed E-state index contributed by atoms with van der Waals surface area (Å²) in [5.41, 5.74) is 1.63. The molecule has 0 spiro atoms. The van der Waals surface area contributed by atoms with Gasteiger partial charge in [-0.15, -0.1) is 11.3 Å². The fourth-order valence-corrected chi connectivity index (χ4v) is 5.41. The van der Waals surface area contributed by atoms with Gasteiger partial charge in [0.2, 0.25) is 5.88 Å². The highest BCUT2D eigenvalue weighted by Gasteiger charge is 2.24. The Bertz CT molecular complexity index is 1110. The quantitative estimate of drug-likeness (QED) is 0.572. The summed E-state index contributed by atoms with van der Waals surface area (Å²) in [6.45, 7) is 3.36. The molecule has 9 heteroatoms. The third-order valence-corrected chi connectivity index (χ3v) is 7.29. The number of aryl methyl sites for hydroxylation is 1. The van der Waals surface area contributed by atoms with E-state index in [2.05, 4.69) is 25.6 Å². The molecule has 0 unspecified atom stereocenters. The Kier molecular flexibility index (Phi) is 6.18. The van der Waals surface area contributed by atoms with Crippen LogP contribution < -0.4 is 15.4 Å². The number of pyridine rings is 1. The van der Waals surface area contributed by atoms with Crippen molar-refractivity contribution in [3.05, 3.63) is 35.1 Å². The van der Waals surface area contributed by atoms with Crippen molar-refractivity contribution in [2.75, 3.05) is 18.5 Å². The van der Waals surface area contributed by atoms with Gasteiger partial charge in [-0.3, -0.25) is 4.79 Å². The number of carbonyl (C=O) groups is 1. The molecule has 0 bridgehead atoms. The van der Waals surface area contributed by atoms with Crippen molar-refractivity contribution in [3.8, 4) is 5.88 Å². The van der Waals surface area contributed by atoms with Gasteiger partial charge in [0.15, 0.2) is 0 Å². The summed E-state index contributed by atoms with van der Waals surface area (Å²) in [5, 5.41) is 7.42. The monoisotopic (exact) mass is 453 g/mol. The molecule has 1 aliphatic carbocycles. The maximum atomic E-state index is 12.9. The van der Waals surface area contributed by atoms with Gasteiger partial charge in [-0.05, 0) is 37.5 Å². The number of amides is 1. The third kappa shape index (κ3) is 4.40. The van der Waals surface area contributed by atoms with E-state index in [1.54, 1.807) is 6.20 Å². The minimum atomic E-state index is -0.0201. The average molecular weight is 454 g/mol. The lowest BCUT2D eigenvalue weighted by Crippen LogP contribution is -2.32. The van der Waals surface area contributed by atoms with Crippen LogP contribution in [0.5, 0.6) is 5.88 Å². The number of thiophene rings is 1. The molecular formula is C23H27N5O3S. The minimum Gasteiger partial charge on any atom is -0.473 e. The zero-order valence-corrected chi connectivity index (χ0v) is 18.9. The van der Waals surface area contributed by atoms with Crippen molar-refractivity contribution in [1.82, 2.24) is 20.3 Å². The molecule has 2 N–H and O–H groups in total. The molecule has 1 saturated heterocycles. The summed E-state index contributed by atoms with van der Waals surface area (Å²) >= 11 is 1.41. The van der Waals surface area contributed by atoms with E-state index in [1.165, 1.54) is 30.5 Å². The second-order valence-electron chi connectivity index (χ2n) is 8.32. The van der Waals surface area contributed by atoms with Crippen molar-refractivity contribution in [1.29, 1.82) is 0 Å². The number of rotatable bonds is 6. The zero-order valence-electron chi connectivity index (χ0n) is 18.1. The molecule has 4 heterocycles. The van der Waals surface area contributed by atoms with E-state index < -0.39 is 0 Å². The largest absolute Gasteiger partial charge is 0.473 e. The van der Waals surface area contributed by atoms with Gasteiger partial charge < -0.3 is 20.1 Å². The SMILES string of the molecule is Cc1c(C(=O)NC2CCCC2)sc2ncnc(Nc3cccnc3OC3CCOCC3)c12. The average Bonchev–Trinajstić information content (AvgIpc) is 3.44. The lowest BCUT2D eigenvalue weighted by Gasteiger charge is -2.23. The molecule has 3 aromatic rings. The predicted molar refractivity (Wildman–Crippen MR) is 124 cm³/mol. The Morgan fingerprint density at radius 3 is 2.78 bits per heavy atom. The number of nitrogens with one attached hydrogen (secondary N) is 2. The van der Waals surface area contributed by atoms with Crippen molar-refractivity contribution >= 4 is 39.0 Å². The molecule has 3 aromatic heterocycles. The minimum absolute atomic E-state index is 0.0201. The van der Waals surface area contributed by atoms with E-state index in [0.29, 0.717) is 29.8 Å². The van der Waals surface area contributed by atoms with Gasteiger partial charge in [-0.2, -0.15) is 0 Å². The van der Waals surface area contributed by atoms with Crippen molar-refractivity contribution in [2.24, 2.45) is 0 Å². The molecule has 0 aromatic carbocycles. The van der Waals surface area contributed by atoms with Gasteiger partial charge in [-0.25, -0.2) is 15.0 Å². The summed E-state index contributed by atoms with van der Waals surface area (Å²) in [4.78, 5) is 27.7. The Morgan fingerprint density at radius 2 is 1.97 bits per heavy atom. The van der Waals surface area contributed by atoms with Crippen LogP contribution in [0.4, 0.5) is 11.5 Å². The van der Waals surface area contributed by atoms with Gasteiger partial charge in [0.25, 0.3) is 5.91 Å². The molecular weight excluding hydrogens is 426 g/mol. The van der Waals surface area contributed by atoms with Gasteiger partial charge in [0, 0.05) is 25.1 Å². The smallest absolute Gasteiger partial charge is 0.261 e. The van der Waals surface area contributed by atoms with Crippen LogP contribution in [0.25, 0.3) is 10.2 Å². The third-order valence-electron chi connectivity index (χ3n) is 6.09. The maximum Gasteiger partial charge on any atom is 0.261 e. The number of aromatic nitrogens is 3.